The van der Waals surface area contributed by atoms with E-state index in [-0.39, 0.29) is 39.5 Å². The van der Waals surface area contributed by atoms with E-state index >= 15 is 4.39 Å². The number of phenols is 1. The Morgan fingerprint density at radius 1 is 1.14 bits per heavy atom. The zero-order chi connectivity index (χ0) is 25.1. The molecule has 0 amide bonds. The third-order valence-electron chi connectivity index (χ3n) is 7.42. The highest BCUT2D eigenvalue weighted by atomic mass is 19.1. The number of phenolic OH excluding ortho intramolecular Hbond substituents is 1. The van der Waals surface area contributed by atoms with Crippen LogP contribution in [-0.2, 0) is 0 Å². The maximum Gasteiger partial charge on any atom is 0.318 e. The molecule has 2 bridgehead atoms. The molecule has 182 valence electrons. The fraction of sp³-hybridized carbons (Fsp3) is 0.296. The van der Waals surface area contributed by atoms with Crippen molar-refractivity contribution in [1.29, 1.82) is 0 Å². The molecule has 1 N–H and O–H groups in total. The summed E-state index contributed by atoms with van der Waals surface area (Å²) < 4.78 is 36.1. The first-order valence-electron chi connectivity index (χ1n) is 11.7. The van der Waals surface area contributed by atoms with Gasteiger partial charge in [-0.3, -0.25) is 9.88 Å². The highest BCUT2D eigenvalue weighted by molar-refractivity contribution is 6.03. The van der Waals surface area contributed by atoms with Crippen LogP contribution in [0.5, 0.6) is 11.8 Å². The number of piperazine rings is 1. The van der Waals surface area contributed by atoms with Crippen LogP contribution in [0.2, 0.25) is 0 Å². The average Bonchev–Trinajstić information content (AvgIpc) is 3.07. The molecule has 2 aromatic carbocycles. The summed E-state index contributed by atoms with van der Waals surface area (Å²) in [6, 6.07) is 6.31. The van der Waals surface area contributed by atoms with Gasteiger partial charge < -0.3 is 14.7 Å². The van der Waals surface area contributed by atoms with Gasteiger partial charge in [0.05, 0.1) is 18.1 Å². The number of likely N-dealkylation sites (N-methyl/N-ethyl adjacent to an activating group) is 1. The van der Waals surface area contributed by atoms with E-state index in [1.165, 1.54) is 37.6 Å². The van der Waals surface area contributed by atoms with E-state index in [0.29, 0.717) is 28.7 Å². The molecule has 2 atom stereocenters. The van der Waals surface area contributed by atoms with Crippen molar-refractivity contribution in [3.8, 4) is 35.4 Å². The summed E-state index contributed by atoms with van der Waals surface area (Å²) in [7, 11) is 3.57. The highest BCUT2D eigenvalue weighted by Crippen LogP contribution is 2.39. The number of anilines is 1. The van der Waals surface area contributed by atoms with Crippen LogP contribution >= 0.6 is 0 Å². The summed E-state index contributed by atoms with van der Waals surface area (Å²) in [5.41, 5.74) is 0.0743. The van der Waals surface area contributed by atoms with Crippen LogP contribution in [0.1, 0.15) is 18.4 Å². The van der Waals surface area contributed by atoms with Crippen LogP contribution in [0.4, 0.5) is 14.6 Å². The maximum absolute atomic E-state index is 16.2. The zero-order valence-electron chi connectivity index (χ0n) is 19.8. The van der Waals surface area contributed by atoms with Gasteiger partial charge in [-0.1, -0.05) is 12.0 Å². The molecule has 7 nitrogen and oxygen atoms in total. The van der Waals surface area contributed by atoms with E-state index in [2.05, 4.69) is 37.7 Å². The number of methoxy groups -OCH3 is 1. The molecular weight excluding hydrogens is 464 g/mol. The number of nitrogens with zero attached hydrogens (tertiary/aromatic N) is 5. The summed E-state index contributed by atoms with van der Waals surface area (Å²) in [6.07, 6.45) is 9.33. The number of hydrogen-bond acceptors (Lipinski definition) is 7. The Morgan fingerprint density at radius 2 is 1.89 bits per heavy atom. The van der Waals surface area contributed by atoms with Gasteiger partial charge in [0, 0.05) is 42.3 Å². The monoisotopic (exact) mass is 487 g/mol. The topological polar surface area (TPSA) is 74.6 Å². The summed E-state index contributed by atoms with van der Waals surface area (Å²) in [5, 5.41) is 11.5. The first kappa shape index (κ1) is 22.4. The van der Waals surface area contributed by atoms with Crippen molar-refractivity contribution >= 4 is 27.5 Å². The third-order valence-corrected chi connectivity index (χ3v) is 7.42. The van der Waals surface area contributed by atoms with Gasteiger partial charge in [0.15, 0.2) is 5.82 Å². The first-order valence-corrected chi connectivity index (χ1v) is 11.7. The number of aromatic hydroxyl groups is 1. The number of pyridine rings is 1. The molecule has 2 saturated heterocycles. The molecule has 2 aliphatic rings. The summed E-state index contributed by atoms with van der Waals surface area (Å²) in [5.74, 6) is 1.44. The smallest absolute Gasteiger partial charge is 0.318 e. The normalized spacial score (nSPS) is 19.7. The summed E-state index contributed by atoms with van der Waals surface area (Å²) >= 11 is 0. The van der Waals surface area contributed by atoms with Gasteiger partial charge in [-0.2, -0.15) is 9.97 Å². The van der Waals surface area contributed by atoms with Gasteiger partial charge in [-0.25, -0.2) is 8.78 Å². The van der Waals surface area contributed by atoms with Crippen molar-refractivity contribution < 1.29 is 18.6 Å². The van der Waals surface area contributed by atoms with Gasteiger partial charge in [-0.05, 0) is 43.5 Å². The lowest BCUT2D eigenvalue weighted by Gasteiger charge is -2.39. The molecule has 36 heavy (non-hydrogen) atoms. The molecule has 2 unspecified atom stereocenters. The molecule has 2 aromatic heterocycles. The number of terminal acetylenes is 1. The fourth-order valence-corrected chi connectivity index (χ4v) is 5.58. The Hall–Kier alpha value is -4.03. The molecule has 0 spiro atoms. The second-order valence-electron chi connectivity index (χ2n) is 9.33. The van der Waals surface area contributed by atoms with Gasteiger partial charge >= 0.3 is 6.01 Å². The Labute approximate surface area is 206 Å². The molecule has 9 heteroatoms. The van der Waals surface area contributed by atoms with Crippen molar-refractivity contribution in [2.45, 2.75) is 24.9 Å². The molecule has 2 aliphatic heterocycles. The number of fused-ring (bicyclic) bond motifs is 4. The van der Waals surface area contributed by atoms with Crippen LogP contribution in [0.15, 0.2) is 30.5 Å². The highest BCUT2D eigenvalue weighted by Gasteiger charge is 2.38. The largest absolute Gasteiger partial charge is 0.508 e. The molecule has 0 saturated carbocycles. The number of benzene rings is 2. The van der Waals surface area contributed by atoms with Crippen molar-refractivity contribution in [2.75, 3.05) is 32.1 Å². The number of halogens is 2. The van der Waals surface area contributed by atoms with Crippen LogP contribution < -0.4 is 9.64 Å². The predicted molar refractivity (Wildman–Crippen MR) is 133 cm³/mol. The number of rotatable bonds is 3. The van der Waals surface area contributed by atoms with Gasteiger partial charge in [0.25, 0.3) is 0 Å². The average molecular weight is 488 g/mol. The quantitative estimate of drug-likeness (QED) is 0.436. The lowest BCUT2D eigenvalue weighted by Crippen LogP contribution is -2.52. The second kappa shape index (κ2) is 8.28. The molecule has 4 aromatic rings. The van der Waals surface area contributed by atoms with E-state index in [4.69, 9.17) is 11.2 Å². The second-order valence-corrected chi connectivity index (χ2v) is 9.33. The van der Waals surface area contributed by atoms with Crippen LogP contribution in [0.25, 0.3) is 32.9 Å². The minimum atomic E-state index is -0.731. The zero-order valence-corrected chi connectivity index (χ0v) is 19.8. The van der Waals surface area contributed by atoms with E-state index in [1.54, 1.807) is 0 Å². The van der Waals surface area contributed by atoms with Crippen molar-refractivity contribution in [2.24, 2.45) is 0 Å². The van der Waals surface area contributed by atoms with Crippen molar-refractivity contribution in [3.63, 3.8) is 0 Å². The Morgan fingerprint density at radius 3 is 2.58 bits per heavy atom. The summed E-state index contributed by atoms with van der Waals surface area (Å²) in [6.45, 7) is 1.52. The van der Waals surface area contributed by atoms with E-state index in [1.807, 2.05) is 0 Å². The number of aromatic nitrogens is 3. The Balaban J connectivity index is 1.58. The molecule has 0 radical (unpaired) electrons. The van der Waals surface area contributed by atoms with Crippen LogP contribution in [-0.4, -0.2) is 64.3 Å². The molecule has 6 rings (SSSR count). The van der Waals surface area contributed by atoms with Gasteiger partial charge in [0.1, 0.15) is 28.6 Å². The Kier molecular flexibility index (Phi) is 5.16. The van der Waals surface area contributed by atoms with E-state index in [0.717, 1.165) is 25.9 Å². The first-order chi connectivity index (χ1) is 17.4. The molecule has 0 aliphatic carbocycles. The van der Waals surface area contributed by atoms with E-state index < -0.39 is 11.6 Å². The maximum atomic E-state index is 16.2. The van der Waals surface area contributed by atoms with E-state index in [9.17, 15) is 9.50 Å². The van der Waals surface area contributed by atoms with Crippen molar-refractivity contribution in [3.05, 3.63) is 47.7 Å². The SMILES string of the molecule is C#Cc1c(F)ccc2cc(O)cc(-c3ncc4c(N5CC6CCC(C5)N6C)nc(OC)nc4c3F)c12. The molecular formula is C27H23F2N5O2. The number of ether oxygens (including phenoxy) is 1. The molecule has 2 fully saturated rings. The Bertz CT molecular complexity index is 1570. The minimum Gasteiger partial charge on any atom is -0.508 e. The number of hydrogen-bond donors (Lipinski definition) is 1. The lowest BCUT2D eigenvalue weighted by atomic mass is 9.96. The third kappa shape index (κ3) is 3.33. The van der Waals surface area contributed by atoms with Crippen LogP contribution in [0, 0.1) is 24.0 Å². The standard InChI is InChI=1S/C27H23F2N5O2/c1-4-18-21(28)8-5-14-9-17(35)10-19(22(14)18)24-23(29)25-20(11-30-24)26(32-27(31-25)36-3)34-12-15-6-7-16(13-34)33(15)2/h1,5,8-11,15-16,35H,6-7,12-13H2,2-3H3. The van der Waals surface area contributed by atoms with Gasteiger partial charge in [-0.15, -0.1) is 6.42 Å². The minimum absolute atomic E-state index is 0.0299. The van der Waals surface area contributed by atoms with Gasteiger partial charge in [0.2, 0.25) is 0 Å². The fourth-order valence-electron chi connectivity index (χ4n) is 5.58. The molecule has 4 heterocycles. The van der Waals surface area contributed by atoms with Crippen LogP contribution in [0.3, 0.4) is 0 Å². The lowest BCUT2D eigenvalue weighted by molar-refractivity contribution is 0.212. The predicted octanol–water partition coefficient (Wildman–Crippen LogP) is 4.10. The summed E-state index contributed by atoms with van der Waals surface area (Å²) in [4.78, 5) is 17.8. The van der Waals surface area contributed by atoms with Crippen molar-refractivity contribution in [1.82, 2.24) is 19.9 Å².